The van der Waals surface area contributed by atoms with Crippen molar-refractivity contribution in [2.24, 2.45) is 0 Å². The Morgan fingerprint density at radius 3 is 2.20 bits per heavy atom. The molecule has 4 rings (SSSR count). The molecule has 4 aromatic rings. The second kappa shape index (κ2) is 11.1. The predicted octanol–water partition coefficient (Wildman–Crippen LogP) is 6.08. The second-order valence-electron chi connectivity index (χ2n) is 8.36. The second-order valence-corrected chi connectivity index (χ2v) is 8.36. The Morgan fingerprint density at radius 1 is 0.829 bits per heavy atom. The maximum absolute atomic E-state index is 12.4. The summed E-state index contributed by atoms with van der Waals surface area (Å²) in [5.74, 6) is 1.16. The molecule has 0 saturated heterocycles. The highest BCUT2D eigenvalue weighted by Gasteiger charge is 2.12. The molecule has 1 heterocycles. The van der Waals surface area contributed by atoms with E-state index < -0.39 is 0 Å². The third-order valence-corrected chi connectivity index (χ3v) is 5.31. The Bertz CT molecular complexity index is 1280. The average molecular weight is 470 g/mol. The number of aryl methyl sites for hydroxylation is 1. The number of hydrogen-bond donors (Lipinski definition) is 3. The summed E-state index contributed by atoms with van der Waals surface area (Å²) in [6, 6.07) is 23.8. The highest BCUT2D eigenvalue weighted by atomic mass is 16.5. The van der Waals surface area contributed by atoms with Gasteiger partial charge in [-0.15, -0.1) is 0 Å². The maximum atomic E-state index is 12.4. The molecule has 3 amide bonds. The first-order valence-electron chi connectivity index (χ1n) is 11.4. The van der Waals surface area contributed by atoms with Gasteiger partial charge in [0.2, 0.25) is 17.6 Å². The zero-order valence-electron chi connectivity index (χ0n) is 19.6. The lowest BCUT2D eigenvalue weighted by Crippen LogP contribution is -2.19. The molecule has 0 unspecified atom stereocenters. The molecule has 0 bridgehead atoms. The third kappa shape index (κ3) is 6.77. The van der Waals surface area contributed by atoms with Crippen molar-refractivity contribution in [3.8, 4) is 11.4 Å². The number of nitrogens with one attached hydrogen (secondary N) is 3. The average Bonchev–Trinajstić information content (AvgIpc) is 3.33. The first-order valence-corrected chi connectivity index (χ1v) is 11.4. The number of nitrogens with zero attached hydrogens (tertiary/aromatic N) is 2. The highest BCUT2D eigenvalue weighted by molar-refractivity contribution is 6.00. The molecule has 8 heteroatoms. The van der Waals surface area contributed by atoms with Crippen LogP contribution in [0.25, 0.3) is 11.4 Å². The van der Waals surface area contributed by atoms with Crippen LogP contribution in [0.4, 0.5) is 21.9 Å². The van der Waals surface area contributed by atoms with Crippen LogP contribution < -0.4 is 16.0 Å². The SMILES string of the molecule is CC(C)c1ccc(-c2noc(CCC(=O)Nc3cccc(NC(=O)Nc4ccccc4)c3)n2)cc1. The Balaban J connectivity index is 1.28. The summed E-state index contributed by atoms with van der Waals surface area (Å²) in [5, 5.41) is 12.4. The Hall–Kier alpha value is -4.46. The molecular weight excluding hydrogens is 442 g/mol. The van der Waals surface area contributed by atoms with Gasteiger partial charge in [-0.05, 0) is 41.8 Å². The van der Waals surface area contributed by atoms with Crippen LogP contribution in [0.15, 0.2) is 83.4 Å². The summed E-state index contributed by atoms with van der Waals surface area (Å²) < 4.78 is 5.31. The number of amides is 3. The number of anilines is 3. The lowest BCUT2D eigenvalue weighted by Gasteiger charge is -2.10. The van der Waals surface area contributed by atoms with Crippen molar-refractivity contribution in [1.82, 2.24) is 10.1 Å². The van der Waals surface area contributed by atoms with Crippen LogP contribution in [0.5, 0.6) is 0 Å². The van der Waals surface area contributed by atoms with Crippen molar-refractivity contribution in [3.63, 3.8) is 0 Å². The van der Waals surface area contributed by atoms with Crippen LogP contribution in [0, 0.1) is 0 Å². The lowest BCUT2D eigenvalue weighted by atomic mass is 10.0. The standard InChI is InChI=1S/C27H27N5O3/c1-18(2)19-11-13-20(14-12-19)26-31-25(35-32-26)16-15-24(33)28-22-9-6-10-23(17-22)30-27(34)29-21-7-4-3-5-8-21/h3-14,17-18H,15-16H2,1-2H3,(H,28,33)(H2,29,30,34). The van der Waals surface area contributed by atoms with E-state index in [0.29, 0.717) is 41.1 Å². The number of carbonyl (C=O) groups is 2. The van der Waals surface area contributed by atoms with E-state index >= 15 is 0 Å². The van der Waals surface area contributed by atoms with Gasteiger partial charge in [-0.1, -0.05) is 67.5 Å². The molecule has 178 valence electrons. The van der Waals surface area contributed by atoms with E-state index in [1.54, 1.807) is 36.4 Å². The van der Waals surface area contributed by atoms with Gasteiger partial charge >= 0.3 is 6.03 Å². The predicted molar refractivity (Wildman–Crippen MR) is 136 cm³/mol. The zero-order chi connectivity index (χ0) is 24.6. The minimum absolute atomic E-state index is 0.181. The Labute approximate surface area is 203 Å². The van der Waals surface area contributed by atoms with Gasteiger partial charge in [0.05, 0.1) is 0 Å². The molecule has 0 aliphatic rings. The first-order chi connectivity index (χ1) is 17.0. The molecule has 0 radical (unpaired) electrons. The minimum atomic E-state index is -0.370. The van der Waals surface area contributed by atoms with Gasteiger partial charge in [-0.2, -0.15) is 4.98 Å². The summed E-state index contributed by atoms with van der Waals surface area (Å²) in [7, 11) is 0. The third-order valence-electron chi connectivity index (χ3n) is 5.31. The lowest BCUT2D eigenvalue weighted by molar-refractivity contribution is -0.116. The molecule has 0 aliphatic carbocycles. The van der Waals surface area contributed by atoms with E-state index in [1.165, 1.54) is 5.56 Å². The van der Waals surface area contributed by atoms with Gasteiger partial charge in [0.15, 0.2) is 0 Å². The molecule has 3 aromatic carbocycles. The van der Waals surface area contributed by atoms with Crippen molar-refractivity contribution in [1.29, 1.82) is 0 Å². The minimum Gasteiger partial charge on any atom is -0.339 e. The molecule has 1 aromatic heterocycles. The molecule has 8 nitrogen and oxygen atoms in total. The van der Waals surface area contributed by atoms with Crippen LogP contribution in [-0.2, 0) is 11.2 Å². The summed E-state index contributed by atoms with van der Waals surface area (Å²) in [5.41, 5.74) is 3.93. The van der Waals surface area contributed by atoms with E-state index in [-0.39, 0.29) is 18.4 Å². The monoisotopic (exact) mass is 469 g/mol. The first kappa shape index (κ1) is 23.7. The van der Waals surface area contributed by atoms with Crippen molar-refractivity contribution in [3.05, 3.63) is 90.3 Å². The van der Waals surface area contributed by atoms with Crippen molar-refractivity contribution < 1.29 is 14.1 Å². The molecule has 0 fully saturated rings. The fourth-order valence-corrected chi connectivity index (χ4v) is 3.42. The van der Waals surface area contributed by atoms with Gasteiger partial charge in [0, 0.05) is 35.5 Å². The van der Waals surface area contributed by atoms with Gasteiger partial charge in [0.25, 0.3) is 0 Å². The van der Waals surface area contributed by atoms with Gasteiger partial charge in [-0.25, -0.2) is 4.79 Å². The van der Waals surface area contributed by atoms with Crippen molar-refractivity contribution in [2.45, 2.75) is 32.6 Å². The van der Waals surface area contributed by atoms with E-state index in [1.807, 2.05) is 30.3 Å². The number of aromatic nitrogens is 2. The van der Waals surface area contributed by atoms with Gasteiger partial charge < -0.3 is 20.5 Å². The maximum Gasteiger partial charge on any atom is 0.323 e. The number of para-hydroxylation sites is 1. The molecule has 0 saturated carbocycles. The van der Waals surface area contributed by atoms with Crippen LogP contribution in [0.2, 0.25) is 0 Å². The quantitative estimate of drug-likeness (QED) is 0.290. The van der Waals surface area contributed by atoms with Crippen LogP contribution in [0.1, 0.15) is 37.6 Å². The highest BCUT2D eigenvalue weighted by Crippen LogP contribution is 2.21. The normalized spacial score (nSPS) is 10.7. The molecule has 0 spiro atoms. The number of carbonyl (C=O) groups excluding carboxylic acids is 2. The van der Waals surface area contributed by atoms with E-state index in [9.17, 15) is 9.59 Å². The Morgan fingerprint density at radius 2 is 1.49 bits per heavy atom. The number of hydrogen-bond acceptors (Lipinski definition) is 5. The fourth-order valence-electron chi connectivity index (χ4n) is 3.42. The smallest absolute Gasteiger partial charge is 0.323 e. The largest absolute Gasteiger partial charge is 0.339 e. The van der Waals surface area contributed by atoms with E-state index in [4.69, 9.17) is 4.52 Å². The van der Waals surface area contributed by atoms with Crippen LogP contribution in [0.3, 0.4) is 0 Å². The summed E-state index contributed by atoms with van der Waals surface area (Å²) in [4.78, 5) is 29.0. The molecule has 0 atom stereocenters. The van der Waals surface area contributed by atoms with E-state index in [2.05, 4.69) is 52.1 Å². The number of urea groups is 1. The summed E-state index contributed by atoms with van der Waals surface area (Å²) >= 11 is 0. The molecule has 35 heavy (non-hydrogen) atoms. The fraction of sp³-hybridized carbons (Fsp3) is 0.185. The molecule has 3 N–H and O–H groups in total. The van der Waals surface area contributed by atoms with E-state index in [0.717, 1.165) is 5.56 Å². The van der Waals surface area contributed by atoms with Crippen molar-refractivity contribution in [2.75, 3.05) is 16.0 Å². The van der Waals surface area contributed by atoms with Gasteiger partial charge in [0.1, 0.15) is 0 Å². The molecular formula is C27H27N5O3. The summed E-state index contributed by atoms with van der Waals surface area (Å²) in [6.07, 6.45) is 0.500. The van der Waals surface area contributed by atoms with Crippen LogP contribution >= 0.6 is 0 Å². The summed E-state index contributed by atoms with van der Waals surface area (Å²) in [6.45, 7) is 4.28. The van der Waals surface area contributed by atoms with Crippen molar-refractivity contribution >= 4 is 29.0 Å². The number of rotatable bonds is 8. The topological polar surface area (TPSA) is 109 Å². The Kier molecular flexibility index (Phi) is 7.52. The van der Waals surface area contributed by atoms with Gasteiger partial charge in [-0.3, -0.25) is 4.79 Å². The van der Waals surface area contributed by atoms with Crippen LogP contribution in [-0.4, -0.2) is 22.1 Å². The zero-order valence-corrected chi connectivity index (χ0v) is 19.6. The number of benzene rings is 3. The molecule has 0 aliphatic heterocycles.